The van der Waals surface area contributed by atoms with Crippen LogP contribution in [0.25, 0.3) is 16.3 Å². The fourth-order valence-electron chi connectivity index (χ4n) is 4.66. The number of benzene rings is 3. The number of hydrogen-bond acceptors (Lipinski definition) is 1. The van der Waals surface area contributed by atoms with Gasteiger partial charge in [0, 0.05) is 10.0 Å². The van der Waals surface area contributed by atoms with Crippen LogP contribution in [0.3, 0.4) is 0 Å². The minimum absolute atomic E-state index is 0.0129. The van der Waals surface area contributed by atoms with Gasteiger partial charge in [-0.15, -0.1) is 0 Å². The summed E-state index contributed by atoms with van der Waals surface area (Å²) in [5.74, 6) is -0.821. The van der Waals surface area contributed by atoms with Gasteiger partial charge in [-0.25, -0.2) is 0 Å². The Labute approximate surface area is 167 Å². The van der Waals surface area contributed by atoms with E-state index >= 15 is 0 Å². The van der Waals surface area contributed by atoms with Crippen LogP contribution in [-0.2, 0) is 10.2 Å². The molecule has 128 valence electrons. The molecule has 0 aromatic heterocycles. The molecule has 0 bridgehead atoms. The molecule has 0 saturated heterocycles. The minimum atomic E-state index is -1.11. The molecule has 2 unspecified atom stereocenters. The van der Waals surface area contributed by atoms with Crippen LogP contribution >= 0.6 is 31.9 Å². The molecule has 2 aliphatic rings. The number of fused-ring (bicyclic) bond motifs is 7. The lowest BCUT2D eigenvalue weighted by atomic mass is 9.52. The standard InChI is InChI=1S/C22H14Br2O2/c1-11-12-6-2-3-7-13(12)20(24)19-18(11)16-10-17(23)14-8-4-5-9-15(14)22(16,19)21(25)26/h2-10,17H,1H3,(H,25,26). The molecule has 0 heterocycles. The first kappa shape index (κ1) is 16.3. The van der Waals surface area contributed by atoms with Crippen molar-refractivity contribution in [1.82, 2.24) is 0 Å². The third-order valence-electron chi connectivity index (χ3n) is 5.76. The Hall–Kier alpha value is -1.91. The van der Waals surface area contributed by atoms with E-state index < -0.39 is 11.4 Å². The monoisotopic (exact) mass is 468 g/mol. The van der Waals surface area contributed by atoms with Crippen molar-refractivity contribution in [3.63, 3.8) is 0 Å². The number of carbonyl (C=O) groups is 1. The molecule has 26 heavy (non-hydrogen) atoms. The van der Waals surface area contributed by atoms with Gasteiger partial charge in [0.15, 0.2) is 0 Å². The van der Waals surface area contributed by atoms with Gasteiger partial charge in [-0.1, -0.05) is 70.5 Å². The van der Waals surface area contributed by atoms with E-state index in [1.165, 1.54) is 0 Å². The summed E-state index contributed by atoms with van der Waals surface area (Å²) in [4.78, 5) is 12.7. The van der Waals surface area contributed by atoms with Crippen LogP contribution < -0.4 is 0 Å². The number of carboxylic acids is 1. The molecule has 5 rings (SSSR count). The molecular formula is C22H14Br2O2. The van der Waals surface area contributed by atoms with Crippen LogP contribution in [0.2, 0.25) is 0 Å². The van der Waals surface area contributed by atoms with E-state index in [1.807, 2.05) is 42.5 Å². The summed E-state index contributed by atoms with van der Waals surface area (Å²) in [6.07, 6.45) is 2.06. The average Bonchev–Trinajstić information content (AvgIpc) is 2.63. The number of hydrogen-bond donors (Lipinski definition) is 1. The molecule has 1 N–H and O–H groups in total. The number of aryl methyl sites for hydroxylation is 1. The summed E-state index contributed by atoms with van der Waals surface area (Å²) in [6, 6.07) is 16.0. The third-order valence-corrected chi connectivity index (χ3v) is 7.34. The van der Waals surface area contributed by atoms with Gasteiger partial charge in [0.2, 0.25) is 0 Å². The van der Waals surface area contributed by atoms with Crippen molar-refractivity contribution in [3.05, 3.63) is 86.9 Å². The molecule has 0 aliphatic heterocycles. The predicted molar refractivity (Wildman–Crippen MR) is 111 cm³/mol. The molecule has 0 amide bonds. The molecule has 2 aliphatic carbocycles. The SMILES string of the molecule is Cc1c2c(c(Br)c3ccccc13)C1(C(=O)O)C2=CC(Br)c2ccccc21. The van der Waals surface area contributed by atoms with Gasteiger partial charge in [-0.05, 0) is 61.5 Å². The molecule has 0 radical (unpaired) electrons. The summed E-state index contributed by atoms with van der Waals surface area (Å²) in [5, 5.41) is 12.6. The molecule has 2 nitrogen and oxygen atoms in total. The summed E-state index contributed by atoms with van der Waals surface area (Å²) >= 11 is 7.47. The van der Waals surface area contributed by atoms with E-state index in [2.05, 4.69) is 50.9 Å². The Balaban J connectivity index is 1.99. The predicted octanol–water partition coefficient (Wildman–Crippen LogP) is 6.13. The van der Waals surface area contributed by atoms with Crippen molar-refractivity contribution in [2.24, 2.45) is 0 Å². The van der Waals surface area contributed by atoms with Crippen molar-refractivity contribution < 1.29 is 9.90 Å². The summed E-state index contributed by atoms with van der Waals surface area (Å²) in [7, 11) is 0. The first-order valence-corrected chi connectivity index (χ1v) is 10.1. The highest BCUT2D eigenvalue weighted by molar-refractivity contribution is 9.10. The first-order chi connectivity index (χ1) is 12.5. The second kappa shape index (κ2) is 5.30. The topological polar surface area (TPSA) is 37.3 Å². The van der Waals surface area contributed by atoms with E-state index in [1.54, 1.807) is 0 Å². The summed E-state index contributed by atoms with van der Waals surface area (Å²) in [5.41, 5.74) is 4.74. The second-order valence-corrected chi connectivity index (χ2v) is 8.64. The van der Waals surface area contributed by atoms with E-state index in [9.17, 15) is 9.90 Å². The molecule has 3 aromatic rings. The van der Waals surface area contributed by atoms with Crippen molar-refractivity contribution >= 4 is 54.2 Å². The van der Waals surface area contributed by atoms with Crippen LogP contribution in [0.4, 0.5) is 0 Å². The van der Waals surface area contributed by atoms with E-state index in [0.29, 0.717) is 0 Å². The fourth-order valence-corrected chi connectivity index (χ4v) is 6.16. The molecule has 0 spiro atoms. The van der Waals surface area contributed by atoms with E-state index in [4.69, 9.17) is 0 Å². The number of halogens is 2. The minimum Gasteiger partial charge on any atom is -0.480 e. The first-order valence-electron chi connectivity index (χ1n) is 8.40. The smallest absolute Gasteiger partial charge is 0.323 e. The zero-order valence-electron chi connectivity index (χ0n) is 13.9. The van der Waals surface area contributed by atoms with Gasteiger partial charge in [0.05, 0.1) is 4.83 Å². The summed E-state index contributed by atoms with van der Waals surface area (Å²) in [6.45, 7) is 2.09. The molecule has 0 fully saturated rings. The van der Waals surface area contributed by atoms with Crippen LogP contribution in [0.5, 0.6) is 0 Å². The molecule has 0 saturated carbocycles. The lowest BCUT2D eigenvalue weighted by molar-refractivity contribution is -0.140. The fraction of sp³-hybridized carbons (Fsp3) is 0.136. The van der Waals surface area contributed by atoms with Gasteiger partial charge in [-0.3, -0.25) is 4.79 Å². The van der Waals surface area contributed by atoms with Crippen molar-refractivity contribution in [2.45, 2.75) is 17.2 Å². The summed E-state index contributed by atoms with van der Waals surface area (Å²) < 4.78 is 0.885. The highest BCUT2D eigenvalue weighted by Gasteiger charge is 2.59. The van der Waals surface area contributed by atoms with Crippen LogP contribution in [-0.4, -0.2) is 11.1 Å². The number of aliphatic carboxylic acids is 1. The van der Waals surface area contributed by atoms with Crippen LogP contribution in [0.1, 0.15) is 32.6 Å². The molecule has 2 atom stereocenters. The maximum Gasteiger partial charge on any atom is 0.323 e. The van der Waals surface area contributed by atoms with E-state index in [0.717, 1.165) is 48.6 Å². The largest absolute Gasteiger partial charge is 0.480 e. The lowest BCUT2D eigenvalue weighted by Gasteiger charge is -2.49. The maximum absolute atomic E-state index is 12.7. The molecular weight excluding hydrogens is 456 g/mol. The number of rotatable bonds is 1. The normalized spacial score (nSPS) is 22.7. The highest BCUT2D eigenvalue weighted by atomic mass is 79.9. The molecule has 4 heteroatoms. The number of alkyl halides is 1. The Kier molecular flexibility index (Phi) is 3.32. The van der Waals surface area contributed by atoms with Gasteiger partial charge in [0.25, 0.3) is 0 Å². The van der Waals surface area contributed by atoms with Crippen LogP contribution in [0.15, 0.2) is 59.1 Å². The van der Waals surface area contributed by atoms with Gasteiger partial charge in [0.1, 0.15) is 5.41 Å². The lowest BCUT2D eigenvalue weighted by Crippen LogP contribution is -2.49. The Morgan fingerprint density at radius 3 is 2.46 bits per heavy atom. The Bertz CT molecular complexity index is 1160. The van der Waals surface area contributed by atoms with Gasteiger partial charge >= 0.3 is 5.97 Å². The number of carboxylic acid groups (broad SMARTS) is 1. The Morgan fingerprint density at radius 1 is 1.08 bits per heavy atom. The van der Waals surface area contributed by atoms with Gasteiger partial charge in [-0.2, -0.15) is 0 Å². The Morgan fingerprint density at radius 2 is 1.73 bits per heavy atom. The number of allylic oxidation sites excluding steroid dienone is 1. The zero-order valence-corrected chi connectivity index (χ0v) is 17.1. The average molecular weight is 470 g/mol. The van der Waals surface area contributed by atoms with Crippen LogP contribution in [0, 0.1) is 6.92 Å². The third kappa shape index (κ3) is 1.70. The van der Waals surface area contributed by atoms with Crippen molar-refractivity contribution in [3.8, 4) is 0 Å². The van der Waals surface area contributed by atoms with E-state index in [-0.39, 0.29) is 4.83 Å². The highest BCUT2D eigenvalue weighted by Crippen LogP contribution is 2.64. The van der Waals surface area contributed by atoms with Crippen molar-refractivity contribution in [1.29, 1.82) is 0 Å². The van der Waals surface area contributed by atoms with Crippen molar-refractivity contribution in [2.75, 3.05) is 0 Å². The quantitative estimate of drug-likeness (QED) is 0.435. The zero-order chi connectivity index (χ0) is 18.2. The maximum atomic E-state index is 12.7. The molecule has 3 aromatic carbocycles. The van der Waals surface area contributed by atoms with Gasteiger partial charge < -0.3 is 5.11 Å². The second-order valence-electron chi connectivity index (χ2n) is 6.86.